The van der Waals surface area contributed by atoms with Crippen molar-refractivity contribution in [2.24, 2.45) is 0 Å². The van der Waals surface area contributed by atoms with Crippen molar-refractivity contribution in [3.05, 3.63) is 65.3 Å². The van der Waals surface area contributed by atoms with Crippen molar-refractivity contribution in [2.45, 2.75) is 25.8 Å². The van der Waals surface area contributed by atoms with Crippen LogP contribution in [0.25, 0.3) is 10.7 Å². The summed E-state index contributed by atoms with van der Waals surface area (Å²) in [6, 6.07) is 14.1. The molecule has 1 amide bonds. The summed E-state index contributed by atoms with van der Waals surface area (Å²) in [5.74, 6) is 0.102. The van der Waals surface area contributed by atoms with Gasteiger partial charge in [0.2, 0.25) is 5.91 Å². The van der Waals surface area contributed by atoms with Crippen molar-refractivity contribution in [1.82, 2.24) is 9.97 Å². The molecule has 0 spiro atoms. The van der Waals surface area contributed by atoms with E-state index in [1.54, 1.807) is 6.20 Å². The van der Waals surface area contributed by atoms with E-state index in [2.05, 4.69) is 23.0 Å². The summed E-state index contributed by atoms with van der Waals surface area (Å²) in [5.41, 5.74) is 3.93. The van der Waals surface area contributed by atoms with E-state index in [0.717, 1.165) is 28.5 Å². The summed E-state index contributed by atoms with van der Waals surface area (Å²) in [7, 11) is 0. The normalized spacial score (nSPS) is 16.2. The summed E-state index contributed by atoms with van der Waals surface area (Å²) >= 11 is 1.53. The van der Waals surface area contributed by atoms with E-state index in [4.69, 9.17) is 0 Å². The maximum Gasteiger partial charge on any atom is 0.233 e. The second kappa shape index (κ2) is 6.17. The van der Waals surface area contributed by atoms with Crippen LogP contribution in [-0.2, 0) is 17.6 Å². The number of anilines is 1. The van der Waals surface area contributed by atoms with Gasteiger partial charge < -0.3 is 4.90 Å². The van der Waals surface area contributed by atoms with Crippen LogP contribution in [0, 0.1) is 0 Å². The summed E-state index contributed by atoms with van der Waals surface area (Å²) in [6.07, 6.45) is 2.99. The number of aromatic nitrogens is 2. The Hall–Kier alpha value is -2.53. The molecule has 0 bridgehead atoms. The largest absolute Gasteiger partial charge is 0.309 e. The molecule has 0 saturated heterocycles. The van der Waals surface area contributed by atoms with E-state index >= 15 is 0 Å². The molecule has 0 aliphatic carbocycles. The molecule has 1 aromatic carbocycles. The molecule has 3 heterocycles. The zero-order valence-corrected chi connectivity index (χ0v) is 14.2. The molecule has 5 heteroatoms. The van der Waals surface area contributed by atoms with Crippen molar-refractivity contribution in [3.8, 4) is 10.7 Å². The van der Waals surface area contributed by atoms with E-state index in [1.165, 1.54) is 16.9 Å². The molecule has 4 rings (SSSR count). The highest BCUT2D eigenvalue weighted by Gasteiger charge is 2.30. The van der Waals surface area contributed by atoms with Crippen LogP contribution in [0.1, 0.15) is 18.2 Å². The van der Waals surface area contributed by atoms with Gasteiger partial charge in [-0.3, -0.25) is 9.78 Å². The van der Waals surface area contributed by atoms with Gasteiger partial charge in [0.05, 0.1) is 17.8 Å². The molecule has 2 aromatic heterocycles. The average molecular weight is 335 g/mol. The molecule has 0 unspecified atom stereocenters. The molecule has 120 valence electrons. The molecule has 0 N–H and O–H groups in total. The van der Waals surface area contributed by atoms with Crippen molar-refractivity contribution in [1.29, 1.82) is 0 Å². The minimum absolute atomic E-state index is 0.102. The molecule has 1 atom stereocenters. The van der Waals surface area contributed by atoms with Crippen LogP contribution >= 0.6 is 11.3 Å². The van der Waals surface area contributed by atoms with Crippen LogP contribution < -0.4 is 4.90 Å². The number of pyridine rings is 1. The van der Waals surface area contributed by atoms with Gasteiger partial charge in [-0.05, 0) is 37.1 Å². The fourth-order valence-electron chi connectivity index (χ4n) is 3.18. The lowest BCUT2D eigenvalue weighted by atomic mass is 10.1. The summed E-state index contributed by atoms with van der Waals surface area (Å²) in [4.78, 5) is 23.6. The Balaban J connectivity index is 1.54. The maximum absolute atomic E-state index is 12.8. The molecule has 0 radical (unpaired) electrons. The van der Waals surface area contributed by atoms with E-state index in [9.17, 15) is 4.79 Å². The van der Waals surface area contributed by atoms with Crippen LogP contribution in [-0.4, -0.2) is 21.9 Å². The number of rotatable bonds is 3. The third kappa shape index (κ3) is 2.71. The first-order valence-corrected chi connectivity index (χ1v) is 8.86. The fourth-order valence-corrected chi connectivity index (χ4v) is 3.98. The van der Waals surface area contributed by atoms with Gasteiger partial charge in [-0.2, -0.15) is 0 Å². The Kier molecular flexibility index (Phi) is 3.86. The second-order valence-electron chi connectivity index (χ2n) is 5.98. The monoisotopic (exact) mass is 335 g/mol. The van der Waals surface area contributed by atoms with Crippen LogP contribution in [0.3, 0.4) is 0 Å². The number of hydrogen-bond acceptors (Lipinski definition) is 4. The smallest absolute Gasteiger partial charge is 0.233 e. The molecule has 3 aromatic rings. The number of thiazole rings is 1. The van der Waals surface area contributed by atoms with Gasteiger partial charge in [-0.15, -0.1) is 11.3 Å². The Labute approximate surface area is 144 Å². The SMILES string of the molecule is C[C@@H]1Cc2ccccc2N1C(=O)Cc1csc(-c2ccccn2)n1. The summed E-state index contributed by atoms with van der Waals surface area (Å²) in [5, 5.41) is 2.81. The van der Waals surface area contributed by atoms with Gasteiger partial charge in [0.25, 0.3) is 0 Å². The Morgan fingerprint density at radius 3 is 2.92 bits per heavy atom. The second-order valence-corrected chi connectivity index (χ2v) is 6.84. The van der Waals surface area contributed by atoms with E-state index < -0.39 is 0 Å². The van der Waals surface area contributed by atoms with Crippen molar-refractivity contribution >= 4 is 22.9 Å². The lowest BCUT2D eigenvalue weighted by Gasteiger charge is -2.22. The lowest BCUT2D eigenvalue weighted by molar-refractivity contribution is -0.118. The summed E-state index contributed by atoms with van der Waals surface area (Å²) < 4.78 is 0. The minimum Gasteiger partial charge on any atom is -0.309 e. The van der Waals surface area contributed by atoms with Crippen LogP contribution in [0.4, 0.5) is 5.69 Å². The third-order valence-electron chi connectivity index (χ3n) is 4.24. The van der Waals surface area contributed by atoms with Gasteiger partial charge >= 0.3 is 0 Å². The number of fused-ring (bicyclic) bond motifs is 1. The van der Waals surface area contributed by atoms with Gasteiger partial charge in [-0.1, -0.05) is 24.3 Å². The van der Waals surface area contributed by atoms with Gasteiger partial charge in [0.15, 0.2) is 0 Å². The first kappa shape index (κ1) is 15.0. The quantitative estimate of drug-likeness (QED) is 0.733. The average Bonchev–Trinajstić information content (AvgIpc) is 3.19. The molecular weight excluding hydrogens is 318 g/mol. The number of benzene rings is 1. The zero-order chi connectivity index (χ0) is 16.5. The van der Waals surface area contributed by atoms with E-state index in [-0.39, 0.29) is 11.9 Å². The Morgan fingerprint density at radius 1 is 1.25 bits per heavy atom. The number of carbonyl (C=O) groups excluding carboxylic acids is 1. The maximum atomic E-state index is 12.8. The highest BCUT2D eigenvalue weighted by Crippen LogP contribution is 2.32. The van der Waals surface area contributed by atoms with Crippen LogP contribution in [0.2, 0.25) is 0 Å². The number of carbonyl (C=O) groups is 1. The van der Waals surface area contributed by atoms with Crippen molar-refractivity contribution in [2.75, 3.05) is 4.90 Å². The van der Waals surface area contributed by atoms with Crippen LogP contribution in [0.5, 0.6) is 0 Å². The summed E-state index contributed by atoms with van der Waals surface area (Å²) in [6.45, 7) is 2.10. The minimum atomic E-state index is 0.102. The first-order valence-electron chi connectivity index (χ1n) is 7.98. The first-order chi connectivity index (χ1) is 11.7. The molecular formula is C19H17N3OS. The highest BCUT2D eigenvalue weighted by atomic mass is 32.1. The van der Waals surface area contributed by atoms with Crippen molar-refractivity contribution < 1.29 is 4.79 Å². The number of para-hydroxylation sites is 1. The third-order valence-corrected chi connectivity index (χ3v) is 5.16. The lowest BCUT2D eigenvalue weighted by Crippen LogP contribution is -2.36. The standard InChI is InChI=1S/C19H17N3OS/c1-13-10-14-6-2-3-8-17(14)22(13)18(23)11-15-12-24-19(21-15)16-7-4-5-9-20-16/h2-9,12-13H,10-11H2,1H3/t13-/m1/s1. The Morgan fingerprint density at radius 2 is 2.08 bits per heavy atom. The Bertz CT molecular complexity index is 875. The topological polar surface area (TPSA) is 46.1 Å². The zero-order valence-electron chi connectivity index (χ0n) is 13.3. The molecule has 0 fully saturated rings. The predicted molar refractivity (Wildman–Crippen MR) is 96.1 cm³/mol. The predicted octanol–water partition coefficient (Wildman–Crippen LogP) is 3.73. The molecule has 4 nitrogen and oxygen atoms in total. The van der Waals surface area contributed by atoms with Gasteiger partial charge in [-0.25, -0.2) is 4.98 Å². The highest BCUT2D eigenvalue weighted by molar-refractivity contribution is 7.13. The molecule has 24 heavy (non-hydrogen) atoms. The number of hydrogen-bond donors (Lipinski definition) is 0. The number of amides is 1. The van der Waals surface area contributed by atoms with Crippen molar-refractivity contribution in [3.63, 3.8) is 0 Å². The number of nitrogens with zero attached hydrogens (tertiary/aromatic N) is 3. The fraction of sp³-hybridized carbons (Fsp3) is 0.211. The van der Waals surface area contributed by atoms with Gasteiger partial charge in [0.1, 0.15) is 5.01 Å². The van der Waals surface area contributed by atoms with E-state index in [0.29, 0.717) is 6.42 Å². The van der Waals surface area contributed by atoms with Gasteiger partial charge in [0, 0.05) is 23.3 Å². The van der Waals surface area contributed by atoms with E-state index in [1.807, 2.05) is 46.7 Å². The molecule has 1 aliphatic heterocycles. The molecule has 0 saturated carbocycles. The molecule has 1 aliphatic rings. The van der Waals surface area contributed by atoms with Crippen LogP contribution in [0.15, 0.2) is 54.0 Å².